The Morgan fingerprint density at radius 3 is 2.34 bits per heavy atom. The molecule has 158 valence electrons. The third-order valence-corrected chi connectivity index (χ3v) is 6.63. The smallest absolute Gasteiger partial charge is 0.337 e. The van der Waals surface area contributed by atoms with E-state index in [0.717, 1.165) is 23.5 Å². The van der Waals surface area contributed by atoms with Gasteiger partial charge in [0, 0.05) is 36.1 Å². The van der Waals surface area contributed by atoms with E-state index in [1.165, 1.54) is 61.6 Å². The van der Waals surface area contributed by atoms with Gasteiger partial charge in [0.2, 0.25) is 0 Å². The largest absolute Gasteiger partial charge is 0.478 e. The van der Waals surface area contributed by atoms with E-state index >= 15 is 0 Å². The van der Waals surface area contributed by atoms with Crippen LogP contribution in [0.3, 0.4) is 0 Å². The van der Waals surface area contributed by atoms with Crippen LogP contribution in [0.2, 0.25) is 0 Å². The predicted octanol–water partition coefficient (Wildman–Crippen LogP) is 5.67. The summed E-state index contributed by atoms with van der Waals surface area (Å²) in [5.41, 5.74) is 7.08. The topological polar surface area (TPSA) is 54.3 Å². The van der Waals surface area contributed by atoms with Crippen LogP contribution in [0.15, 0.2) is 18.2 Å². The van der Waals surface area contributed by atoms with Crippen LogP contribution in [0.1, 0.15) is 88.9 Å². The highest BCUT2D eigenvalue weighted by Gasteiger charge is 2.23. The van der Waals surface area contributed by atoms with E-state index in [9.17, 15) is 9.90 Å². The van der Waals surface area contributed by atoms with Crippen LogP contribution >= 0.6 is 0 Å². The maximum Gasteiger partial charge on any atom is 0.337 e. The number of rotatable bonds is 6. The van der Waals surface area contributed by atoms with E-state index in [2.05, 4.69) is 48.9 Å². The van der Waals surface area contributed by atoms with Gasteiger partial charge in [0.1, 0.15) is 0 Å². The van der Waals surface area contributed by atoms with E-state index in [1.54, 1.807) is 0 Å². The number of aromatic nitrogens is 1. The van der Waals surface area contributed by atoms with Crippen molar-refractivity contribution in [1.82, 2.24) is 9.88 Å². The second-order valence-electron chi connectivity index (χ2n) is 8.77. The zero-order valence-corrected chi connectivity index (χ0v) is 18.5. The molecule has 29 heavy (non-hydrogen) atoms. The number of nitrogens with one attached hydrogen (secondary N) is 1. The van der Waals surface area contributed by atoms with E-state index in [1.807, 2.05) is 6.92 Å². The lowest BCUT2D eigenvalue weighted by Gasteiger charge is -2.21. The Labute approximate surface area is 175 Å². The Bertz CT molecular complexity index is 858. The van der Waals surface area contributed by atoms with Crippen LogP contribution in [0.4, 0.5) is 0 Å². The van der Waals surface area contributed by atoms with Crippen molar-refractivity contribution >= 4 is 5.97 Å². The van der Waals surface area contributed by atoms with Gasteiger partial charge in [0.25, 0.3) is 0 Å². The van der Waals surface area contributed by atoms with E-state index in [-0.39, 0.29) is 0 Å². The number of aromatic carboxylic acids is 1. The average molecular weight is 397 g/mol. The normalized spacial score (nSPS) is 15.9. The average Bonchev–Trinajstić information content (AvgIpc) is 2.88. The summed E-state index contributed by atoms with van der Waals surface area (Å²) in [4.78, 5) is 12.1. The molecule has 0 bridgehead atoms. The Hall–Kier alpha value is -2.07. The molecule has 1 saturated carbocycles. The van der Waals surface area contributed by atoms with Gasteiger partial charge in [-0.05, 0) is 51.7 Å². The lowest BCUT2D eigenvalue weighted by atomic mass is 9.96. The first-order valence-electron chi connectivity index (χ1n) is 11.1. The van der Waals surface area contributed by atoms with Gasteiger partial charge in [0.15, 0.2) is 0 Å². The zero-order chi connectivity index (χ0) is 21.0. The van der Waals surface area contributed by atoms with Gasteiger partial charge in [-0.3, -0.25) is 0 Å². The lowest BCUT2D eigenvalue weighted by Crippen LogP contribution is -2.30. The first-order valence-corrected chi connectivity index (χ1v) is 11.1. The van der Waals surface area contributed by atoms with Gasteiger partial charge < -0.3 is 15.0 Å². The molecule has 1 aliphatic rings. The summed E-state index contributed by atoms with van der Waals surface area (Å²) in [6, 6.07) is 6.98. The van der Waals surface area contributed by atoms with E-state index < -0.39 is 5.97 Å². The summed E-state index contributed by atoms with van der Waals surface area (Å²) in [6.45, 7) is 9.59. The van der Waals surface area contributed by atoms with Gasteiger partial charge in [0.05, 0.1) is 5.56 Å². The standard InChI is InChI=1S/C25H36N2O2/c1-17-12-13-18(2)21(14-17)16-27-19(3)23(24(20(27)4)25(28)29)15-26-22-10-8-6-5-7-9-11-22/h12-14,22,26H,5-11,15-16H2,1-4H3,(H,28,29). The molecule has 1 fully saturated rings. The molecule has 3 rings (SSSR count). The molecule has 0 saturated heterocycles. The van der Waals surface area contributed by atoms with Gasteiger partial charge in [-0.1, -0.05) is 55.9 Å². The van der Waals surface area contributed by atoms with Crippen LogP contribution in [-0.2, 0) is 13.1 Å². The number of nitrogens with zero attached hydrogens (tertiary/aromatic N) is 1. The van der Waals surface area contributed by atoms with Crippen molar-refractivity contribution in [2.45, 2.75) is 91.8 Å². The molecule has 2 aromatic rings. The maximum atomic E-state index is 12.1. The fourth-order valence-corrected chi connectivity index (χ4v) is 4.73. The van der Waals surface area contributed by atoms with E-state index in [4.69, 9.17) is 0 Å². The third-order valence-electron chi connectivity index (χ3n) is 6.63. The van der Waals surface area contributed by atoms with Crippen molar-refractivity contribution in [1.29, 1.82) is 0 Å². The van der Waals surface area contributed by atoms with Gasteiger partial charge in [-0.2, -0.15) is 0 Å². The Balaban J connectivity index is 1.85. The van der Waals surface area contributed by atoms with Crippen LogP contribution in [0.25, 0.3) is 0 Å². The first kappa shape index (κ1) is 21.6. The first-order chi connectivity index (χ1) is 13.9. The highest BCUT2D eigenvalue weighted by molar-refractivity contribution is 5.91. The van der Waals surface area contributed by atoms with Gasteiger partial charge >= 0.3 is 5.97 Å². The maximum absolute atomic E-state index is 12.1. The molecule has 1 aliphatic carbocycles. The molecule has 1 heterocycles. The van der Waals surface area contributed by atoms with Crippen LogP contribution in [0.5, 0.6) is 0 Å². The van der Waals surface area contributed by atoms with E-state index in [0.29, 0.717) is 18.2 Å². The quantitative estimate of drug-likeness (QED) is 0.661. The van der Waals surface area contributed by atoms with Crippen LogP contribution in [0, 0.1) is 27.7 Å². The zero-order valence-electron chi connectivity index (χ0n) is 18.5. The highest BCUT2D eigenvalue weighted by atomic mass is 16.4. The molecule has 1 aromatic carbocycles. The molecule has 0 unspecified atom stereocenters. The SMILES string of the molecule is Cc1ccc(C)c(Cn2c(C)c(CNC3CCCCCCC3)c(C(=O)O)c2C)c1. The highest BCUT2D eigenvalue weighted by Crippen LogP contribution is 2.26. The molecule has 0 amide bonds. The number of carboxylic acids is 1. The van der Waals surface area contributed by atoms with Crippen molar-refractivity contribution < 1.29 is 9.90 Å². The fourth-order valence-electron chi connectivity index (χ4n) is 4.73. The summed E-state index contributed by atoms with van der Waals surface area (Å²) in [7, 11) is 0. The molecular formula is C25H36N2O2. The summed E-state index contributed by atoms with van der Waals surface area (Å²) >= 11 is 0. The van der Waals surface area contributed by atoms with Crippen molar-refractivity contribution in [3.05, 3.63) is 57.4 Å². The van der Waals surface area contributed by atoms with Crippen molar-refractivity contribution in [2.24, 2.45) is 0 Å². The second-order valence-corrected chi connectivity index (χ2v) is 8.77. The van der Waals surface area contributed by atoms with Gasteiger partial charge in [-0.25, -0.2) is 4.79 Å². The Morgan fingerprint density at radius 2 is 1.69 bits per heavy atom. The molecular weight excluding hydrogens is 360 g/mol. The molecule has 0 aliphatic heterocycles. The fraction of sp³-hybridized carbons (Fsp3) is 0.560. The Kier molecular flexibility index (Phi) is 7.18. The number of hydrogen-bond donors (Lipinski definition) is 2. The summed E-state index contributed by atoms with van der Waals surface area (Å²) in [5.74, 6) is -0.820. The Morgan fingerprint density at radius 1 is 1.03 bits per heavy atom. The monoisotopic (exact) mass is 396 g/mol. The number of aryl methyl sites for hydroxylation is 2. The molecule has 0 atom stereocenters. The molecule has 0 spiro atoms. The van der Waals surface area contributed by atoms with Crippen molar-refractivity contribution in [3.8, 4) is 0 Å². The number of hydrogen-bond acceptors (Lipinski definition) is 2. The van der Waals surface area contributed by atoms with Crippen LogP contribution < -0.4 is 5.32 Å². The second kappa shape index (κ2) is 9.62. The van der Waals surface area contributed by atoms with Crippen LogP contribution in [-0.4, -0.2) is 21.7 Å². The number of carboxylic acid groups (broad SMARTS) is 1. The minimum Gasteiger partial charge on any atom is -0.478 e. The molecule has 1 aromatic heterocycles. The molecule has 4 heteroatoms. The predicted molar refractivity (Wildman–Crippen MR) is 119 cm³/mol. The summed E-state index contributed by atoms with van der Waals surface area (Å²) in [6.07, 6.45) is 8.94. The summed E-state index contributed by atoms with van der Waals surface area (Å²) < 4.78 is 2.18. The molecule has 0 radical (unpaired) electrons. The van der Waals surface area contributed by atoms with Crippen molar-refractivity contribution in [2.75, 3.05) is 0 Å². The minimum absolute atomic E-state index is 0.478. The lowest BCUT2D eigenvalue weighted by molar-refractivity contribution is 0.0694. The van der Waals surface area contributed by atoms with Crippen molar-refractivity contribution in [3.63, 3.8) is 0 Å². The molecule has 4 nitrogen and oxygen atoms in total. The third kappa shape index (κ3) is 5.11. The minimum atomic E-state index is -0.820. The number of carbonyl (C=O) groups is 1. The van der Waals surface area contributed by atoms with Gasteiger partial charge in [-0.15, -0.1) is 0 Å². The summed E-state index contributed by atoms with van der Waals surface area (Å²) in [5, 5.41) is 13.6. The molecule has 2 N–H and O–H groups in total. The number of benzene rings is 1.